The van der Waals surface area contributed by atoms with Crippen LogP contribution < -0.4 is 16.2 Å². The lowest BCUT2D eigenvalue weighted by Gasteiger charge is -2.23. The number of nitrogens with zero attached hydrogens (tertiary/aromatic N) is 3. The molecule has 0 aliphatic carbocycles. The molecule has 0 saturated heterocycles. The minimum atomic E-state index is -0.275. The first kappa shape index (κ1) is 14.2. The molecule has 0 aliphatic heterocycles. The number of nitrogens with one attached hydrogen (secondary N) is 1. The maximum Gasteiger partial charge on any atom is 0.145 e. The third-order valence-corrected chi connectivity index (χ3v) is 2.94. The zero-order valence-electron chi connectivity index (χ0n) is 11.6. The van der Waals surface area contributed by atoms with Crippen LogP contribution in [0.3, 0.4) is 0 Å². The van der Waals surface area contributed by atoms with Gasteiger partial charge in [0.2, 0.25) is 0 Å². The van der Waals surface area contributed by atoms with Crippen molar-refractivity contribution in [1.29, 1.82) is 0 Å². The average Bonchev–Trinajstić information content (AvgIpc) is 2.47. The molecule has 0 spiro atoms. The van der Waals surface area contributed by atoms with Crippen LogP contribution in [-0.4, -0.2) is 16.5 Å². The lowest BCUT2D eigenvalue weighted by Crippen LogP contribution is -2.20. The van der Waals surface area contributed by atoms with E-state index in [9.17, 15) is 4.39 Å². The summed E-state index contributed by atoms with van der Waals surface area (Å²) in [5, 5.41) is 0. The Kier molecular flexibility index (Phi) is 4.47. The highest BCUT2D eigenvalue weighted by Gasteiger charge is 2.12. The summed E-state index contributed by atoms with van der Waals surface area (Å²) in [6.45, 7) is 4.61. The molecule has 20 heavy (non-hydrogen) atoms. The first-order valence-corrected chi connectivity index (χ1v) is 6.55. The molecule has 1 aromatic heterocycles. The average molecular weight is 275 g/mol. The second-order valence-corrected chi connectivity index (χ2v) is 4.25. The van der Waals surface area contributed by atoms with Crippen LogP contribution in [-0.2, 0) is 6.42 Å². The molecule has 0 atom stereocenters. The van der Waals surface area contributed by atoms with Crippen molar-refractivity contribution in [1.82, 2.24) is 9.97 Å². The second-order valence-electron chi connectivity index (χ2n) is 4.25. The first-order valence-electron chi connectivity index (χ1n) is 6.55. The molecule has 2 aromatic rings. The summed E-state index contributed by atoms with van der Waals surface area (Å²) < 4.78 is 13.4. The Morgan fingerprint density at radius 1 is 1.25 bits per heavy atom. The standard InChI is InChI=1S/C14H18FN5/c1-3-12-17-13(19-16)9-14(18-12)20(4-2)11-7-5-6-10(15)8-11/h5-9H,3-4,16H2,1-2H3,(H,17,18,19). The Morgan fingerprint density at radius 2 is 2.05 bits per heavy atom. The maximum absolute atomic E-state index is 13.4. The van der Waals surface area contributed by atoms with E-state index in [1.807, 2.05) is 24.8 Å². The van der Waals surface area contributed by atoms with Gasteiger partial charge in [-0.15, -0.1) is 0 Å². The van der Waals surface area contributed by atoms with Crippen LogP contribution in [0.4, 0.5) is 21.7 Å². The predicted molar refractivity (Wildman–Crippen MR) is 78.3 cm³/mol. The number of nitrogens with two attached hydrogens (primary N) is 1. The van der Waals surface area contributed by atoms with Crippen LogP contribution in [0.15, 0.2) is 30.3 Å². The molecule has 0 radical (unpaired) electrons. The lowest BCUT2D eigenvalue weighted by molar-refractivity contribution is 0.627. The lowest BCUT2D eigenvalue weighted by atomic mass is 10.2. The molecule has 106 valence electrons. The smallest absolute Gasteiger partial charge is 0.145 e. The number of hydrazine groups is 1. The van der Waals surface area contributed by atoms with Gasteiger partial charge in [0.1, 0.15) is 23.3 Å². The summed E-state index contributed by atoms with van der Waals surface area (Å²) in [4.78, 5) is 10.6. The Hall–Kier alpha value is -2.21. The van der Waals surface area contributed by atoms with Gasteiger partial charge in [-0.1, -0.05) is 13.0 Å². The highest BCUT2D eigenvalue weighted by molar-refractivity contribution is 5.62. The molecule has 0 saturated carbocycles. The molecular formula is C14H18FN5. The fraction of sp³-hybridized carbons (Fsp3) is 0.286. The van der Waals surface area contributed by atoms with Gasteiger partial charge in [0.05, 0.1) is 0 Å². The van der Waals surface area contributed by atoms with Crippen molar-refractivity contribution in [3.63, 3.8) is 0 Å². The van der Waals surface area contributed by atoms with Crippen molar-refractivity contribution in [2.45, 2.75) is 20.3 Å². The van der Waals surface area contributed by atoms with Gasteiger partial charge in [-0.2, -0.15) is 0 Å². The number of hydrogen-bond acceptors (Lipinski definition) is 5. The van der Waals surface area contributed by atoms with Crippen LogP contribution in [0.2, 0.25) is 0 Å². The molecule has 0 amide bonds. The molecule has 3 N–H and O–H groups in total. The minimum absolute atomic E-state index is 0.275. The summed E-state index contributed by atoms with van der Waals surface area (Å²) >= 11 is 0. The van der Waals surface area contributed by atoms with Gasteiger partial charge in [0, 0.05) is 24.7 Å². The first-order chi connectivity index (χ1) is 9.67. The summed E-state index contributed by atoms with van der Waals surface area (Å²) in [7, 11) is 0. The van der Waals surface area contributed by atoms with Gasteiger partial charge >= 0.3 is 0 Å². The Balaban J connectivity index is 2.45. The molecule has 6 heteroatoms. The number of nitrogen functional groups attached to an aromatic ring is 1. The minimum Gasteiger partial charge on any atom is -0.326 e. The monoisotopic (exact) mass is 275 g/mol. The van der Waals surface area contributed by atoms with Crippen molar-refractivity contribution in [3.05, 3.63) is 42.0 Å². The Labute approximate surface area is 117 Å². The number of aryl methyl sites for hydroxylation is 1. The van der Waals surface area contributed by atoms with Crippen molar-refractivity contribution in [2.75, 3.05) is 16.9 Å². The van der Waals surface area contributed by atoms with E-state index >= 15 is 0 Å². The van der Waals surface area contributed by atoms with Crippen molar-refractivity contribution < 1.29 is 4.39 Å². The van der Waals surface area contributed by atoms with Gasteiger partial charge in [0.25, 0.3) is 0 Å². The molecule has 0 fully saturated rings. The van der Waals surface area contributed by atoms with E-state index in [-0.39, 0.29) is 5.82 Å². The number of rotatable bonds is 5. The van der Waals surface area contributed by atoms with E-state index in [0.717, 1.165) is 5.69 Å². The van der Waals surface area contributed by atoms with E-state index in [2.05, 4.69) is 15.4 Å². The summed E-state index contributed by atoms with van der Waals surface area (Å²) in [5.74, 6) is 7.07. The van der Waals surface area contributed by atoms with Gasteiger partial charge in [-0.05, 0) is 25.1 Å². The molecule has 0 unspecified atom stereocenters. The number of anilines is 3. The fourth-order valence-electron chi connectivity index (χ4n) is 1.97. The quantitative estimate of drug-likeness (QED) is 0.648. The summed E-state index contributed by atoms with van der Waals surface area (Å²) in [6, 6.07) is 8.16. The highest BCUT2D eigenvalue weighted by atomic mass is 19.1. The van der Waals surface area contributed by atoms with Crippen LogP contribution in [0, 0.1) is 5.82 Å². The summed E-state index contributed by atoms with van der Waals surface area (Å²) in [6.07, 6.45) is 0.698. The van der Waals surface area contributed by atoms with Crippen LogP contribution >= 0.6 is 0 Å². The third-order valence-electron chi connectivity index (χ3n) is 2.94. The third kappa shape index (κ3) is 3.03. The number of hydrogen-bond donors (Lipinski definition) is 2. The molecule has 0 bridgehead atoms. The van der Waals surface area contributed by atoms with E-state index in [1.54, 1.807) is 12.1 Å². The van der Waals surface area contributed by atoms with E-state index in [0.29, 0.717) is 30.4 Å². The number of halogens is 1. The topological polar surface area (TPSA) is 67.1 Å². The molecule has 1 aromatic carbocycles. The molecule has 5 nitrogen and oxygen atoms in total. The number of benzene rings is 1. The van der Waals surface area contributed by atoms with Crippen LogP contribution in [0.25, 0.3) is 0 Å². The van der Waals surface area contributed by atoms with Gasteiger partial charge in [0.15, 0.2) is 0 Å². The Bertz CT molecular complexity index is 565. The van der Waals surface area contributed by atoms with E-state index in [1.165, 1.54) is 12.1 Å². The van der Waals surface area contributed by atoms with Crippen molar-refractivity contribution >= 4 is 17.3 Å². The van der Waals surface area contributed by atoms with Crippen molar-refractivity contribution in [2.24, 2.45) is 5.84 Å². The molecular weight excluding hydrogens is 257 g/mol. The normalized spacial score (nSPS) is 10.4. The summed E-state index contributed by atoms with van der Waals surface area (Å²) in [5.41, 5.74) is 3.28. The Morgan fingerprint density at radius 3 is 2.65 bits per heavy atom. The predicted octanol–water partition coefficient (Wildman–Crippen LogP) is 2.62. The number of aromatic nitrogens is 2. The second kappa shape index (κ2) is 6.29. The SMILES string of the molecule is CCc1nc(NN)cc(N(CC)c2cccc(F)c2)n1. The molecule has 1 heterocycles. The fourth-order valence-corrected chi connectivity index (χ4v) is 1.97. The highest BCUT2D eigenvalue weighted by Crippen LogP contribution is 2.25. The van der Waals surface area contributed by atoms with Gasteiger partial charge in [-0.3, -0.25) is 0 Å². The van der Waals surface area contributed by atoms with E-state index in [4.69, 9.17) is 5.84 Å². The van der Waals surface area contributed by atoms with Crippen molar-refractivity contribution in [3.8, 4) is 0 Å². The molecule has 0 aliphatic rings. The van der Waals surface area contributed by atoms with Crippen LogP contribution in [0.1, 0.15) is 19.7 Å². The molecule has 2 rings (SSSR count). The largest absolute Gasteiger partial charge is 0.326 e. The van der Waals surface area contributed by atoms with Gasteiger partial charge < -0.3 is 10.3 Å². The zero-order chi connectivity index (χ0) is 14.5. The zero-order valence-corrected chi connectivity index (χ0v) is 11.6. The van der Waals surface area contributed by atoms with Crippen LogP contribution in [0.5, 0.6) is 0 Å². The van der Waals surface area contributed by atoms with E-state index < -0.39 is 0 Å². The van der Waals surface area contributed by atoms with Gasteiger partial charge in [-0.25, -0.2) is 20.2 Å². The maximum atomic E-state index is 13.4.